The second-order valence-electron chi connectivity index (χ2n) is 4.10. The Bertz CT molecular complexity index is 712. The van der Waals surface area contributed by atoms with Crippen LogP contribution in [0, 0.1) is 0 Å². The van der Waals surface area contributed by atoms with E-state index in [4.69, 9.17) is 0 Å². The van der Waals surface area contributed by atoms with Crippen molar-refractivity contribution in [1.82, 2.24) is 3.97 Å². The van der Waals surface area contributed by atoms with Crippen molar-refractivity contribution in [2.75, 3.05) is 6.26 Å². The molecule has 0 radical (unpaired) electrons. The average Bonchev–Trinajstić information content (AvgIpc) is 2.87. The van der Waals surface area contributed by atoms with Gasteiger partial charge in [-0.15, -0.1) is 0 Å². The Morgan fingerprint density at radius 2 is 1.84 bits per heavy atom. The molecule has 19 heavy (non-hydrogen) atoms. The largest absolute Gasteiger partial charge is 0.289 e. The molecule has 2 aromatic rings. The maximum atomic E-state index is 11.9. The summed E-state index contributed by atoms with van der Waals surface area (Å²) in [5.41, 5.74) is 1.26. The standard InChI is InChI=1S/C14H13NO3S/c1-19(17,18)15-10-9-13(11-15)14(16)8-7-12-5-3-2-4-6-12/h2-11H,1H3/b8-7+. The van der Waals surface area contributed by atoms with Crippen molar-refractivity contribution in [1.29, 1.82) is 0 Å². The summed E-state index contributed by atoms with van der Waals surface area (Å²) in [5.74, 6) is -0.230. The van der Waals surface area contributed by atoms with Crippen LogP contribution in [0.5, 0.6) is 0 Å². The first-order valence-electron chi connectivity index (χ1n) is 5.63. The lowest BCUT2D eigenvalue weighted by Crippen LogP contribution is -2.07. The second kappa shape index (κ2) is 5.24. The highest BCUT2D eigenvalue weighted by Crippen LogP contribution is 2.08. The van der Waals surface area contributed by atoms with Gasteiger partial charge in [-0.3, -0.25) is 8.77 Å². The molecule has 0 N–H and O–H groups in total. The van der Waals surface area contributed by atoms with E-state index in [1.165, 1.54) is 24.5 Å². The van der Waals surface area contributed by atoms with Gasteiger partial charge in [-0.1, -0.05) is 36.4 Å². The summed E-state index contributed by atoms with van der Waals surface area (Å²) in [7, 11) is -3.34. The van der Waals surface area contributed by atoms with Crippen LogP contribution in [0.25, 0.3) is 6.08 Å². The van der Waals surface area contributed by atoms with Gasteiger partial charge in [0.25, 0.3) is 0 Å². The quantitative estimate of drug-likeness (QED) is 0.635. The Kier molecular flexibility index (Phi) is 3.66. The van der Waals surface area contributed by atoms with Crippen LogP contribution in [-0.2, 0) is 10.0 Å². The van der Waals surface area contributed by atoms with E-state index in [2.05, 4.69) is 0 Å². The van der Waals surface area contributed by atoms with Gasteiger partial charge in [0, 0.05) is 18.0 Å². The first-order chi connectivity index (χ1) is 8.97. The molecule has 5 heteroatoms. The molecular weight excluding hydrogens is 262 g/mol. The van der Waals surface area contributed by atoms with Crippen molar-refractivity contribution < 1.29 is 13.2 Å². The SMILES string of the molecule is CS(=O)(=O)n1ccc(C(=O)/C=C/c2ccccc2)c1. The van der Waals surface area contributed by atoms with E-state index in [9.17, 15) is 13.2 Å². The smallest absolute Gasteiger partial charge is 0.235 e. The molecule has 0 aliphatic carbocycles. The van der Waals surface area contributed by atoms with Crippen molar-refractivity contribution in [2.24, 2.45) is 0 Å². The third-order valence-electron chi connectivity index (χ3n) is 2.56. The number of carbonyl (C=O) groups excluding carboxylic acids is 1. The fourth-order valence-corrected chi connectivity index (χ4v) is 2.15. The average molecular weight is 275 g/mol. The molecule has 0 fully saturated rings. The van der Waals surface area contributed by atoms with E-state index < -0.39 is 10.0 Å². The highest BCUT2D eigenvalue weighted by atomic mass is 32.2. The minimum atomic E-state index is -3.34. The second-order valence-corrected chi connectivity index (χ2v) is 5.99. The van der Waals surface area contributed by atoms with Crippen LogP contribution in [0.15, 0.2) is 54.9 Å². The number of hydrogen-bond donors (Lipinski definition) is 0. The fourth-order valence-electron chi connectivity index (χ4n) is 1.56. The van der Waals surface area contributed by atoms with E-state index in [-0.39, 0.29) is 5.78 Å². The van der Waals surface area contributed by atoms with Gasteiger partial charge in [0.05, 0.1) is 6.26 Å². The minimum absolute atomic E-state index is 0.230. The molecule has 1 aromatic heterocycles. The van der Waals surface area contributed by atoms with Crippen molar-refractivity contribution in [3.05, 3.63) is 66.0 Å². The molecule has 2 rings (SSSR count). The van der Waals surface area contributed by atoms with Gasteiger partial charge < -0.3 is 0 Å². The monoisotopic (exact) mass is 275 g/mol. The van der Waals surface area contributed by atoms with Crippen molar-refractivity contribution in [3.8, 4) is 0 Å². The Morgan fingerprint density at radius 1 is 1.16 bits per heavy atom. The number of benzene rings is 1. The van der Waals surface area contributed by atoms with E-state index in [0.717, 1.165) is 15.8 Å². The van der Waals surface area contributed by atoms with Crippen LogP contribution in [-0.4, -0.2) is 24.4 Å². The summed E-state index contributed by atoms with van der Waals surface area (Å²) in [6.07, 6.45) is 6.88. The highest BCUT2D eigenvalue weighted by Gasteiger charge is 2.09. The van der Waals surface area contributed by atoms with Crippen molar-refractivity contribution >= 4 is 21.9 Å². The van der Waals surface area contributed by atoms with Crippen LogP contribution in [0.3, 0.4) is 0 Å². The van der Waals surface area contributed by atoms with Crippen molar-refractivity contribution in [3.63, 3.8) is 0 Å². The van der Waals surface area contributed by atoms with Gasteiger partial charge in [0.1, 0.15) is 0 Å². The van der Waals surface area contributed by atoms with E-state index >= 15 is 0 Å². The molecule has 1 heterocycles. The topological polar surface area (TPSA) is 56.1 Å². The Hall–Kier alpha value is -2.14. The summed E-state index contributed by atoms with van der Waals surface area (Å²) in [4.78, 5) is 11.9. The maximum Gasteiger partial charge on any atom is 0.235 e. The predicted molar refractivity (Wildman–Crippen MR) is 74.5 cm³/mol. The van der Waals surface area contributed by atoms with Gasteiger partial charge in [-0.25, -0.2) is 8.42 Å². The number of hydrogen-bond acceptors (Lipinski definition) is 3. The van der Waals surface area contributed by atoms with Crippen molar-refractivity contribution in [2.45, 2.75) is 0 Å². The molecule has 0 saturated heterocycles. The lowest BCUT2D eigenvalue weighted by atomic mass is 10.1. The molecule has 0 saturated carbocycles. The number of aromatic nitrogens is 1. The number of nitrogens with zero attached hydrogens (tertiary/aromatic N) is 1. The molecule has 0 aliphatic rings. The van der Waals surface area contributed by atoms with Crippen LogP contribution >= 0.6 is 0 Å². The predicted octanol–water partition coefficient (Wildman–Crippen LogP) is 2.19. The third-order valence-corrected chi connectivity index (χ3v) is 3.55. The first kappa shape index (κ1) is 13.3. The molecule has 0 spiro atoms. The molecule has 0 aliphatic heterocycles. The molecule has 0 bridgehead atoms. The zero-order chi connectivity index (χ0) is 13.9. The third kappa shape index (κ3) is 3.42. The van der Waals surface area contributed by atoms with E-state index in [1.807, 2.05) is 30.3 Å². The zero-order valence-corrected chi connectivity index (χ0v) is 11.2. The zero-order valence-electron chi connectivity index (χ0n) is 10.4. The molecular formula is C14H13NO3S. The Morgan fingerprint density at radius 3 is 2.42 bits per heavy atom. The molecule has 4 nitrogen and oxygen atoms in total. The number of allylic oxidation sites excluding steroid dienone is 1. The number of carbonyl (C=O) groups is 1. The molecule has 1 aromatic carbocycles. The van der Waals surface area contributed by atoms with Gasteiger partial charge in [-0.2, -0.15) is 0 Å². The van der Waals surface area contributed by atoms with Crippen LogP contribution in [0.1, 0.15) is 15.9 Å². The lowest BCUT2D eigenvalue weighted by molar-refractivity contribution is 0.104. The van der Waals surface area contributed by atoms with Gasteiger partial charge in [0.2, 0.25) is 10.0 Å². The summed E-state index contributed by atoms with van der Waals surface area (Å²) in [6.45, 7) is 0. The normalized spacial score (nSPS) is 11.8. The molecule has 98 valence electrons. The summed E-state index contributed by atoms with van der Waals surface area (Å²) < 4.78 is 23.6. The van der Waals surface area contributed by atoms with E-state index in [0.29, 0.717) is 5.56 Å². The van der Waals surface area contributed by atoms with E-state index in [1.54, 1.807) is 6.08 Å². The molecule has 0 unspecified atom stereocenters. The minimum Gasteiger partial charge on any atom is -0.289 e. The lowest BCUT2D eigenvalue weighted by Gasteiger charge is -1.96. The molecule has 0 atom stereocenters. The van der Waals surface area contributed by atoms with Gasteiger partial charge in [-0.05, 0) is 17.7 Å². The fraction of sp³-hybridized carbons (Fsp3) is 0.0714. The van der Waals surface area contributed by atoms with Crippen LogP contribution in [0.2, 0.25) is 0 Å². The van der Waals surface area contributed by atoms with Gasteiger partial charge >= 0.3 is 0 Å². The number of ketones is 1. The summed E-state index contributed by atoms with van der Waals surface area (Å²) in [6, 6.07) is 10.9. The van der Waals surface area contributed by atoms with Crippen LogP contribution in [0.4, 0.5) is 0 Å². The Balaban J connectivity index is 2.17. The molecule has 0 amide bonds. The first-order valence-corrected chi connectivity index (χ1v) is 7.48. The summed E-state index contributed by atoms with van der Waals surface area (Å²) >= 11 is 0. The summed E-state index contributed by atoms with van der Waals surface area (Å²) in [5, 5.41) is 0. The highest BCUT2D eigenvalue weighted by molar-refractivity contribution is 7.89. The Labute approximate surface area is 112 Å². The number of rotatable bonds is 4. The van der Waals surface area contributed by atoms with Crippen LogP contribution < -0.4 is 0 Å². The van der Waals surface area contributed by atoms with Gasteiger partial charge in [0.15, 0.2) is 5.78 Å². The maximum absolute atomic E-state index is 11.9.